The van der Waals surface area contributed by atoms with Crippen LogP contribution in [0.3, 0.4) is 0 Å². The minimum atomic E-state index is -2.59. The van der Waals surface area contributed by atoms with Crippen LogP contribution in [-0.4, -0.2) is 55.5 Å². The van der Waals surface area contributed by atoms with Crippen molar-refractivity contribution in [3.63, 3.8) is 0 Å². The molecule has 0 aromatic heterocycles. The minimum absolute atomic E-state index is 0.146. The summed E-state index contributed by atoms with van der Waals surface area (Å²) in [4.78, 5) is 0. The van der Waals surface area contributed by atoms with Gasteiger partial charge in [0, 0.05) is 18.5 Å². The van der Waals surface area contributed by atoms with Crippen LogP contribution in [0.5, 0.6) is 0 Å². The van der Waals surface area contributed by atoms with Crippen LogP contribution < -0.4 is 0 Å². The van der Waals surface area contributed by atoms with E-state index in [2.05, 4.69) is 114 Å². The zero-order chi connectivity index (χ0) is 40.3. The topological polar surface area (TPSA) is 17.1 Å². The Kier molecular flexibility index (Phi) is 26.8. The van der Waals surface area contributed by atoms with Gasteiger partial charge >= 0.3 is 0 Å². The van der Waals surface area contributed by atoms with Crippen LogP contribution in [0.1, 0.15) is 152 Å². The highest BCUT2D eigenvalue weighted by molar-refractivity contribution is 7.61. The Morgan fingerprint density at radius 3 is 0.714 bits per heavy atom. The number of unbranched alkanes of at least 4 members (excludes halogenated alkanes) is 6. The van der Waals surface area contributed by atoms with Crippen LogP contribution in [0, 0.1) is 0 Å². The number of rotatable bonds is 33. The van der Waals surface area contributed by atoms with Crippen molar-refractivity contribution in [1.82, 2.24) is 0 Å². The Morgan fingerprint density at radius 1 is 0.321 bits per heavy atom. The maximum atomic E-state index is 15.2. The Morgan fingerprint density at radius 2 is 0.518 bits per heavy atom. The molecule has 0 radical (unpaired) electrons. The van der Waals surface area contributed by atoms with Gasteiger partial charge in [0.2, 0.25) is 0 Å². The fourth-order valence-corrected chi connectivity index (χ4v) is 19.0. The molecule has 0 saturated heterocycles. The van der Waals surface area contributed by atoms with Crippen molar-refractivity contribution in [2.24, 2.45) is 0 Å². The molecule has 3 aromatic carbocycles. The molecule has 314 valence electrons. The van der Waals surface area contributed by atoms with Gasteiger partial charge in [-0.05, 0) is 147 Å². The summed E-state index contributed by atoms with van der Waals surface area (Å²) in [5.74, 6) is 0. The SMILES string of the molecule is CCCCP(CCCC)CCc1ccc(CP(=O)(Cc2ccc(CCP(CCCC)CCCC)cc2)Cc2ccc(CCP(CCCC)CCCC)cc2)cc1. The normalized spacial score (nSPS) is 12.1. The molecule has 56 heavy (non-hydrogen) atoms. The quantitative estimate of drug-likeness (QED) is 0.0559. The van der Waals surface area contributed by atoms with E-state index in [4.69, 9.17) is 0 Å². The third-order valence-electron chi connectivity index (χ3n) is 11.6. The number of hydrogen-bond acceptors (Lipinski definition) is 1. The number of hydrogen-bond donors (Lipinski definition) is 0. The molecule has 0 aliphatic carbocycles. The minimum Gasteiger partial charge on any atom is -0.323 e. The Balaban J connectivity index is 1.73. The largest absolute Gasteiger partial charge is 0.323 e. The average Bonchev–Trinajstić information content (AvgIpc) is 3.21. The standard InChI is InChI=1S/C51H84OP4/c1-7-13-34-53(35-14-8-2)40-31-46-19-25-49(26-20-46)43-56(52,44-50-27-21-47(22-28-50)32-41-54(36-15-9-3)37-16-10-4)45-51-29-23-48(24-30-51)33-42-55(38-17-11-5)39-18-12-6/h19-30H,7-18,31-45H2,1-6H3. The Hall–Kier alpha value is -0.820. The van der Waals surface area contributed by atoms with E-state index in [0.29, 0.717) is 18.5 Å². The van der Waals surface area contributed by atoms with Gasteiger partial charge in [-0.3, -0.25) is 0 Å². The highest BCUT2D eigenvalue weighted by Crippen LogP contribution is 2.55. The van der Waals surface area contributed by atoms with Crippen molar-refractivity contribution in [2.75, 3.05) is 55.5 Å². The van der Waals surface area contributed by atoms with E-state index in [1.54, 1.807) is 0 Å². The summed E-state index contributed by atoms with van der Waals surface area (Å²) < 4.78 is 15.2. The maximum absolute atomic E-state index is 15.2. The second-order valence-corrected chi connectivity index (χ2v) is 28.0. The highest BCUT2D eigenvalue weighted by Gasteiger charge is 2.24. The molecule has 5 heteroatoms. The second kappa shape index (κ2) is 30.2. The van der Waals surface area contributed by atoms with E-state index < -0.39 is 7.14 Å². The van der Waals surface area contributed by atoms with Crippen molar-refractivity contribution >= 4 is 30.9 Å². The molecule has 3 aromatic rings. The first-order valence-corrected chi connectivity index (χ1v) is 31.3. The molecular weight excluding hydrogens is 752 g/mol. The molecule has 0 aliphatic rings. The van der Waals surface area contributed by atoms with E-state index in [0.717, 1.165) is 0 Å². The zero-order valence-corrected chi connectivity index (χ0v) is 40.8. The van der Waals surface area contributed by atoms with Crippen LogP contribution in [0.4, 0.5) is 0 Å². The molecule has 0 N–H and O–H groups in total. The summed E-state index contributed by atoms with van der Waals surface area (Å²) in [6, 6.07) is 27.9. The van der Waals surface area contributed by atoms with Gasteiger partial charge in [-0.25, -0.2) is 0 Å². The van der Waals surface area contributed by atoms with Crippen LogP contribution in [0.2, 0.25) is 0 Å². The molecule has 1 nitrogen and oxygen atoms in total. The van der Waals surface area contributed by atoms with Gasteiger partial charge in [0.25, 0.3) is 0 Å². The van der Waals surface area contributed by atoms with Crippen LogP contribution >= 0.6 is 30.9 Å². The summed E-state index contributed by atoms with van der Waals surface area (Å²) in [5.41, 5.74) is 8.09. The van der Waals surface area contributed by atoms with E-state index in [1.807, 2.05) is 0 Å². The summed E-state index contributed by atoms with van der Waals surface area (Å²) >= 11 is 0. The molecule has 0 spiro atoms. The zero-order valence-electron chi connectivity index (χ0n) is 37.2. The van der Waals surface area contributed by atoms with Gasteiger partial charge in [0.1, 0.15) is 7.14 Å². The smallest absolute Gasteiger partial charge is 0.100 e. The molecule has 0 aliphatic heterocycles. The fraction of sp³-hybridized carbons (Fsp3) is 0.647. The first-order chi connectivity index (χ1) is 27.3. The second-order valence-electron chi connectivity index (χ2n) is 16.9. The average molecular weight is 837 g/mol. The molecule has 0 saturated carbocycles. The van der Waals surface area contributed by atoms with E-state index in [-0.39, 0.29) is 23.8 Å². The summed E-state index contributed by atoms with van der Waals surface area (Å²) in [5, 5.41) is 0. The van der Waals surface area contributed by atoms with Crippen LogP contribution in [-0.2, 0) is 42.3 Å². The molecule has 0 heterocycles. The van der Waals surface area contributed by atoms with Crippen molar-refractivity contribution in [3.05, 3.63) is 106 Å². The highest BCUT2D eigenvalue weighted by atomic mass is 31.2. The van der Waals surface area contributed by atoms with Crippen molar-refractivity contribution in [3.8, 4) is 0 Å². The molecule has 0 amide bonds. The van der Waals surface area contributed by atoms with Crippen LogP contribution in [0.15, 0.2) is 72.8 Å². The molecule has 0 atom stereocenters. The molecule has 0 unspecified atom stereocenters. The molecule has 0 bridgehead atoms. The third kappa shape index (κ3) is 20.9. The van der Waals surface area contributed by atoms with Gasteiger partial charge in [-0.2, -0.15) is 0 Å². The van der Waals surface area contributed by atoms with E-state index >= 15 is 4.57 Å². The summed E-state index contributed by atoms with van der Waals surface area (Å²) in [7, 11) is -2.15. The third-order valence-corrected chi connectivity index (χ3v) is 22.7. The van der Waals surface area contributed by atoms with E-state index in [9.17, 15) is 0 Å². The van der Waals surface area contributed by atoms with Crippen molar-refractivity contribution < 1.29 is 4.57 Å². The first kappa shape index (κ1) is 49.5. The fourth-order valence-electron chi connectivity index (χ4n) is 7.76. The number of benzene rings is 3. The van der Waals surface area contributed by atoms with Crippen molar-refractivity contribution in [1.29, 1.82) is 0 Å². The van der Waals surface area contributed by atoms with Gasteiger partial charge in [-0.15, -0.1) is 23.8 Å². The lowest BCUT2D eigenvalue weighted by Gasteiger charge is -2.21. The molecule has 0 fully saturated rings. The predicted molar refractivity (Wildman–Crippen MR) is 263 cm³/mol. The first-order valence-electron chi connectivity index (χ1n) is 23.3. The summed E-state index contributed by atoms with van der Waals surface area (Å²) in [6.07, 6.45) is 34.5. The van der Waals surface area contributed by atoms with Crippen LogP contribution in [0.25, 0.3) is 0 Å². The monoisotopic (exact) mass is 837 g/mol. The lowest BCUT2D eigenvalue weighted by Crippen LogP contribution is -2.01. The Labute approximate surface area is 351 Å². The predicted octanol–water partition coefficient (Wildman–Crippen LogP) is 16.8. The number of aryl methyl sites for hydroxylation is 3. The van der Waals surface area contributed by atoms with Gasteiger partial charge < -0.3 is 4.57 Å². The lowest BCUT2D eigenvalue weighted by molar-refractivity contribution is 0.572. The van der Waals surface area contributed by atoms with Gasteiger partial charge in [0.15, 0.2) is 0 Å². The van der Waals surface area contributed by atoms with E-state index in [1.165, 1.54) is 185 Å². The maximum Gasteiger partial charge on any atom is 0.100 e. The summed E-state index contributed by atoms with van der Waals surface area (Å²) in [6.45, 7) is 14.0. The molecular formula is C51H84OP4. The van der Waals surface area contributed by atoms with Gasteiger partial charge in [0.05, 0.1) is 0 Å². The van der Waals surface area contributed by atoms with Crippen molar-refractivity contribution in [2.45, 2.75) is 156 Å². The molecule has 3 rings (SSSR count). The Bertz CT molecular complexity index is 1240. The van der Waals surface area contributed by atoms with Gasteiger partial charge in [-0.1, -0.05) is 153 Å². The lowest BCUT2D eigenvalue weighted by atomic mass is 10.1.